The van der Waals surface area contributed by atoms with E-state index in [-0.39, 0.29) is 0 Å². The normalized spacial score (nSPS) is 13.7. The summed E-state index contributed by atoms with van der Waals surface area (Å²) in [6.07, 6.45) is 2.08. The number of hydrogen-bond donors (Lipinski definition) is 0. The van der Waals surface area contributed by atoms with Crippen LogP contribution in [-0.4, -0.2) is 22.2 Å². The van der Waals surface area contributed by atoms with Gasteiger partial charge in [-0.25, -0.2) is 0 Å². The van der Waals surface area contributed by atoms with Gasteiger partial charge in [0.25, 0.3) is 0 Å². The Labute approximate surface area is 325 Å². The molecule has 0 saturated carbocycles. The number of fused-ring (bicyclic) bond motifs is 8. The van der Waals surface area contributed by atoms with Gasteiger partial charge in [-0.3, -0.25) is 0 Å². The monoisotopic (exact) mass is 718 g/mol. The van der Waals surface area contributed by atoms with Gasteiger partial charge in [0.1, 0.15) is 0 Å². The summed E-state index contributed by atoms with van der Waals surface area (Å²) in [7, 11) is 0. The first-order valence-electron chi connectivity index (χ1n) is 19.8. The minimum Gasteiger partial charge on any atom is -0.341 e. The number of anilines is 4. The zero-order valence-corrected chi connectivity index (χ0v) is 30.9. The van der Waals surface area contributed by atoms with Crippen molar-refractivity contribution in [2.45, 2.75) is 12.8 Å². The van der Waals surface area contributed by atoms with Gasteiger partial charge in [-0.15, -0.1) is 0 Å². The molecule has 266 valence electrons. The van der Waals surface area contributed by atoms with Crippen LogP contribution in [0.4, 0.5) is 22.7 Å². The van der Waals surface area contributed by atoms with Crippen LogP contribution in [0.3, 0.4) is 0 Å². The molecule has 0 amide bonds. The third kappa shape index (κ3) is 4.72. The van der Waals surface area contributed by atoms with E-state index in [4.69, 9.17) is 0 Å². The van der Waals surface area contributed by atoms with Gasteiger partial charge in [-0.2, -0.15) is 0 Å². The van der Waals surface area contributed by atoms with Gasteiger partial charge in [0.05, 0.1) is 22.1 Å². The van der Waals surface area contributed by atoms with E-state index < -0.39 is 0 Å². The zero-order valence-electron chi connectivity index (χ0n) is 30.9. The van der Waals surface area contributed by atoms with Crippen LogP contribution in [0.5, 0.6) is 0 Å². The Morgan fingerprint density at radius 3 is 1.18 bits per heavy atom. The molecule has 4 heteroatoms. The summed E-state index contributed by atoms with van der Waals surface area (Å²) in [6.45, 7) is 2.01. The molecule has 4 heterocycles. The van der Waals surface area contributed by atoms with E-state index in [0.29, 0.717) is 0 Å². The Kier molecular flexibility index (Phi) is 6.85. The predicted octanol–water partition coefficient (Wildman–Crippen LogP) is 12.9. The highest BCUT2D eigenvalue weighted by Gasteiger charge is 2.24. The number of nitrogens with zero attached hydrogens (tertiary/aromatic N) is 4. The highest BCUT2D eigenvalue weighted by Crippen LogP contribution is 2.42. The summed E-state index contributed by atoms with van der Waals surface area (Å²) in [5.41, 5.74) is 17.7. The van der Waals surface area contributed by atoms with E-state index in [9.17, 15) is 0 Å². The van der Waals surface area contributed by atoms with Gasteiger partial charge in [0, 0.05) is 68.8 Å². The summed E-state index contributed by atoms with van der Waals surface area (Å²) in [5.74, 6) is 0. The molecule has 0 unspecified atom stereocenters. The van der Waals surface area contributed by atoms with E-state index >= 15 is 0 Å². The van der Waals surface area contributed by atoms with Crippen LogP contribution in [0.2, 0.25) is 0 Å². The fraction of sp³-hybridized carbons (Fsp3) is 0.0769. The molecule has 8 aromatic carbocycles. The first kappa shape index (κ1) is 31.3. The highest BCUT2D eigenvalue weighted by atomic mass is 15.2. The molecule has 2 aliphatic rings. The lowest BCUT2D eigenvalue weighted by Crippen LogP contribution is -2.12. The Balaban J connectivity index is 0.949. The lowest BCUT2D eigenvalue weighted by Gasteiger charge is -2.20. The predicted molar refractivity (Wildman–Crippen MR) is 235 cm³/mol. The molecule has 0 bridgehead atoms. The third-order valence-electron chi connectivity index (χ3n) is 12.2. The van der Waals surface area contributed by atoms with E-state index in [1.165, 1.54) is 100.0 Å². The minimum absolute atomic E-state index is 1.00. The molecule has 12 rings (SSSR count). The lowest BCUT2D eigenvalue weighted by atomic mass is 10.0. The molecule has 0 spiro atoms. The summed E-state index contributed by atoms with van der Waals surface area (Å²) in [4.78, 5) is 4.88. The second-order valence-electron chi connectivity index (χ2n) is 15.3. The van der Waals surface area contributed by atoms with Crippen LogP contribution >= 0.6 is 0 Å². The lowest BCUT2D eigenvalue weighted by molar-refractivity contribution is 0.998. The van der Waals surface area contributed by atoms with Gasteiger partial charge >= 0.3 is 0 Å². The van der Waals surface area contributed by atoms with E-state index in [1.807, 2.05) is 0 Å². The van der Waals surface area contributed by atoms with Crippen LogP contribution in [0.1, 0.15) is 11.1 Å². The quantitative estimate of drug-likeness (QED) is 0.176. The molecule has 0 aliphatic carbocycles. The molecule has 4 nitrogen and oxygen atoms in total. The standard InChI is InChI=1S/C52H38N4/c1-3-11-39(12-4-1)53-29-27-37-31-41(21-25-47(37)53)55-49-17-9-7-15-43(49)45-33-35(19-23-51(45)55)36-20-24-52-46(34-36)44-16-8-10-18-50(44)56(52)42-22-26-48-38(32-42)28-30-54(48)40-13-5-2-6-14-40/h1-26,31-34H,27-30H2. The van der Waals surface area contributed by atoms with E-state index in [1.54, 1.807) is 0 Å². The average Bonchev–Trinajstić information content (AvgIpc) is 4.04. The minimum atomic E-state index is 1.00. The molecule has 0 N–H and O–H groups in total. The molecular weight excluding hydrogens is 681 g/mol. The van der Waals surface area contributed by atoms with Crippen molar-refractivity contribution in [3.63, 3.8) is 0 Å². The number of para-hydroxylation sites is 4. The Hall–Kier alpha value is -7.04. The van der Waals surface area contributed by atoms with Crippen LogP contribution in [0, 0.1) is 0 Å². The third-order valence-corrected chi connectivity index (χ3v) is 12.2. The summed E-state index contributed by atoms with van der Waals surface area (Å²) >= 11 is 0. The molecule has 0 atom stereocenters. The number of aromatic nitrogens is 2. The second-order valence-corrected chi connectivity index (χ2v) is 15.3. The van der Waals surface area contributed by atoms with Crippen LogP contribution < -0.4 is 9.80 Å². The molecule has 2 aliphatic heterocycles. The Bertz CT molecular complexity index is 2940. The second kappa shape index (κ2) is 12.2. The smallest absolute Gasteiger partial charge is 0.0541 e. The van der Waals surface area contributed by atoms with Crippen molar-refractivity contribution in [3.8, 4) is 22.5 Å². The summed E-state index contributed by atoms with van der Waals surface area (Å²) < 4.78 is 4.90. The SMILES string of the molecule is c1ccc(N2CCc3cc(-n4c5ccccc5c5cc(-c6ccc7c(c6)c6ccccc6n7-c6ccc7c(c6)CCN7c6ccccc6)ccc54)ccc32)cc1. The van der Waals surface area contributed by atoms with Crippen molar-refractivity contribution in [3.05, 3.63) is 193 Å². The van der Waals surface area contributed by atoms with Gasteiger partial charge in [-0.05, 0) is 132 Å². The first-order valence-corrected chi connectivity index (χ1v) is 19.8. The molecule has 10 aromatic rings. The van der Waals surface area contributed by atoms with E-state index in [0.717, 1.165) is 25.9 Å². The summed E-state index contributed by atoms with van der Waals surface area (Å²) in [6, 6.07) is 67.3. The molecule has 0 fully saturated rings. The van der Waals surface area contributed by atoms with Crippen LogP contribution in [-0.2, 0) is 12.8 Å². The molecular formula is C52H38N4. The van der Waals surface area contributed by atoms with Gasteiger partial charge in [-0.1, -0.05) is 84.9 Å². The maximum absolute atomic E-state index is 2.45. The van der Waals surface area contributed by atoms with E-state index in [2.05, 4.69) is 201 Å². The molecule has 2 aromatic heterocycles. The molecule has 0 saturated heterocycles. The van der Waals surface area contributed by atoms with Gasteiger partial charge in [0.15, 0.2) is 0 Å². The summed E-state index contributed by atoms with van der Waals surface area (Å²) in [5, 5.41) is 5.09. The number of hydrogen-bond acceptors (Lipinski definition) is 2. The fourth-order valence-corrected chi connectivity index (χ4v) is 9.67. The fourth-order valence-electron chi connectivity index (χ4n) is 9.67. The molecule has 0 radical (unpaired) electrons. The van der Waals surface area contributed by atoms with Gasteiger partial charge in [0.2, 0.25) is 0 Å². The number of benzene rings is 8. The van der Waals surface area contributed by atoms with Crippen molar-refractivity contribution >= 4 is 66.4 Å². The van der Waals surface area contributed by atoms with Crippen molar-refractivity contribution in [1.29, 1.82) is 0 Å². The molecule has 56 heavy (non-hydrogen) atoms. The number of rotatable bonds is 5. The first-order chi connectivity index (χ1) is 27.8. The van der Waals surface area contributed by atoms with Crippen molar-refractivity contribution in [2.24, 2.45) is 0 Å². The Morgan fingerprint density at radius 2 is 0.714 bits per heavy atom. The van der Waals surface area contributed by atoms with Crippen molar-refractivity contribution < 1.29 is 0 Å². The van der Waals surface area contributed by atoms with Crippen molar-refractivity contribution in [1.82, 2.24) is 9.13 Å². The van der Waals surface area contributed by atoms with Gasteiger partial charge < -0.3 is 18.9 Å². The zero-order chi connectivity index (χ0) is 36.7. The largest absolute Gasteiger partial charge is 0.341 e. The van der Waals surface area contributed by atoms with Crippen LogP contribution in [0.15, 0.2) is 182 Å². The maximum atomic E-state index is 2.45. The topological polar surface area (TPSA) is 16.3 Å². The Morgan fingerprint density at radius 1 is 0.304 bits per heavy atom. The maximum Gasteiger partial charge on any atom is 0.0541 e. The highest BCUT2D eigenvalue weighted by molar-refractivity contribution is 6.12. The average molecular weight is 719 g/mol. The van der Waals surface area contributed by atoms with Crippen molar-refractivity contribution in [2.75, 3.05) is 22.9 Å². The van der Waals surface area contributed by atoms with Crippen LogP contribution in [0.25, 0.3) is 66.1 Å².